The van der Waals surface area contributed by atoms with E-state index in [0.717, 1.165) is 5.75 Å². The molecule has 1 heterocycles. The number of hydrogen-bond acceptors (Lipinski definition) is 6. The molecule has 1 unspecified atom stereocenters. The number of carbonyl (C=O) groups is 1. The molecule has 29 heavy (non-hydrogen) atoms. The lowest BCUT2D eigenvalue weighted by Gasteiger charge is -2.15. The number of aromatic nitrogens is 3. The fourth-order valence-electron chi connectivity index (χ4n) is 2.59. The van der Waals surface area contributed by atoms with E-state index >= 15 is 0 Å². The molecular weight excluding hydrogens is 412 g/mol. The van der Waals surface area contributed by atoms with Crippen molar-refractivity contribution >= 4 is 35.0 Å². The van der Waals surface area contributed by atoms with Gasteiger partial charge in [0.05, 0.1) is 17.9 Å². The fraction of sp³-hybridized carbons (Fsp3) is 0.250. The van der Waals surface area contributed by atoms with Crippen molar-refractivity contribution in [3.05, 3.63) is 59.4 Å². The third-order valence-electron chi connectivity index (χ3n) is 4.08. The van der Waals surface area contributed by atoms with E-state index in [9.17, 15) is 4.79 Å². The largest absolute Gasteiger partial charge is 0.497 e. The summed E-state index contributed by atoms with van der Waals surface area (Å²) in [5.74, 6) is 2.03. The van der Waals surface area contributed by atoms with Crippen molar-refractivity contribution in [3.8, 4) is 11.5 Å². The molecule has 0 aliphatic rings. The Labute approximate surface area is 178 Å². The maximum atomic E-state index is 12.2. The van der Waals surface area contributed by atoms with Crippen LogP contribution in [0.5, 0.6) is 11.5 Å². The summed E-state index contributed by atoms with van der Waals surface area (Å²) < 4.78 is 12.8. The number of para-hydroxylation sites is 1. The number of nitrogens with zero attached hydrogens (tertiary/aromatic N) is 3. The molecule has 3 aromatic rings. The second kappa shape index (κ2) is 9.67. The van der Waals surface area contributed by atoms with Gasteiger partial charge in [-0.1, -0.05) is 35.5 Å². The molecule has 0 spiro atoms. The standard InChI is InChI=1S/C20H21ClN4O3S/c1-13(28-17-7-5-4-6-16(17)21)19-23-24-20(25(19)2)29-12-18(26)22-14-8-10-15(27-3)11-9-14/h4-11,13H,12H2,1-3H3,(H,22,26). The van der Waals surface area contributed by atoms with Gasteiger partial charge in [-0.25, -0.2) is 0 Å². The Hall–Kier alpha value is -2.71. The minimum absolute atomic E-state index is 0.134. The maximum absolute atomic E-state index is 12.2. The number of hydrogen-bond donors (Lipinski definition) is 1. The summed E-state index contributed by atoms with van der Waals surface area (Å²) in [4.78, 5) is 12.2. The van der Waals surface area contributed by atoms with Crippen molar-refractivity contribution in [2.45, 2.75) is 18.2 Å². The lowest BCUT2D eigenvalue weighted by molar-refractivity contribution is -0.113. The predicted octanol–water partition coefficient (Wildman–Crippen LogP) is 4.35. The molecule has 1 aromatic heterocycles. The smallest absolute Gasteiger partial charge is 0.234 e. The maximum Gasteiger partial charge on any atom is 0.234 e. The summed E-state index contributed by atoms with van der Waals surface area (Å²) in [6, 6.07) is 14.4. The molecule has 1 amide bonds. The number of carbonyl (C=O) groups excluding carboxylic acids is 1. The molecule has 0 aliphatic carbocycles. The van der Waals surface area contributed by atoms with E-state index in [-0.39, 0.29) is 17.8 Å². The summed E-state index contributed by atoms with van der Waals surface area (Å²) in [5, 5.41) is 12.4. The lowest BCUT2D eigenvalue weighted by atomic mass is 10.3. The highest BCUT2D eigenvalue weighted by atomic mass is 35.5. The first-order valence-corrected chi connectivity index (χ1v) is 10.2. The lowest BCUT2D eigenvalue weighted by Crippen LogP contribution is -2.14. The molecule has 0 radical (unpaired) electrons. The van der Waals surface area contributed by atoms with Crippen LogP contribution in [0.1, 0.15) is 18.9 Å². The first-order valence-electron chi connectivity index (χ1n) is 8.85. The minimum atomic E-state index is -0.352. The molecule has 152 valence electrons. The van der Waals surface area contributed by atoms with Gasteiger partial charge < -0.3 is 19.4 Å². The number of halogens is 1. The van der Waals surface area contributed by atoms with Crippen LogP contribution >= 0.6 is 23.4 Å². The van der Waals surface area contributed by atoms with E-state index in [1.807, 2.05) is 30.7 Å². The number of thioether (sulfide) groups is 1. The van der Waals surface area contributed by atoms with Crippen LogP contribution in [0, 0.1) is 0 Å². The van der Waals surface area contributed by atoms with Crippen molar-refractivity contribution in [1.29, 1.82) is 0 Å². The van der Waals surface area contributed by atoms with Gasteiger partial charge in [0.25, 0.3) is 0 Å². The van der Waals surface area contributed by atoms with Crippen LogP contribution < -0.4 is 14.8 Å². The first kappa shape index (κ1) is 21.0. The Morgan fingerprint density at radius 2 is 1.93 bits per heavy atom. The third-order valence-corrected chi connectivity index (χ3v) is 5.41. The third kappa shape index (κ3) is 5.42. The van der Waals surface area contributed by atoms with Gasteiger partial charge in [-0.15, -0.1) is 10.2 Å². The number of amides is 1. The Bertz CT molecular complexity index is 978. The Kier molecular flexibility index (Phi) is 7.00. The van der Waals surface area contributed by atoms with E-state index in [0.29, 0.717) is 27.4 Å². The minimum Gasteiger partial charge on any atom is -0.497 e. The van der Waals surface area contributed by atoms with Gasteiger partial charge in [0, 0.05) is 12.7 Å². The summed E-state index contributed by atoms with van der Waals surface area (Å²) >= 11 is 7.45. The van der Waals surface area contributed by atoms with Gasteiger partial charge in [-0.3, -0.25) is 4.79 Å². The zero-order valence-corrected chi connectivity index (χ0v) is 17.8. The van der Waals surface area contributed by atoms with Crippen LogP contribution in [0.3, 0.4) is 0 Å². The van der Waals surface area contributed by atoms with Gasteiger partial charge in [-0.2, -0.15) is 0 Å². The molecule has 7 nitrogen and oxygen atoms in total. The highest BCUT2D eigenvalue weighted by Gasteiger charge is 2.19. The van der Waals surface area contributed by atoms with E-state index in [1.165, 1.54) is 11.8 Å². The van der Waals surface area contributed by atoms with Crippen LogP contribution in [0.2, 0.25) is 5.02 Å². The van der Waals surface area contributed by atoms with Crippen molar-refractivity contribution < 1.29 is 14.3 Å². The molecule has 2 aromatic carbocycles. The molecule has 9 heteroatoms. The number of nitrogens with one attached hydrogen (secondary N) is 1. The van der Waals surface area contributed by atoms with Crippen LogP contribution in [0.15, 0.2) is 53.7 Å². The summed E-state index contributed by atoms with van der Waals surface area (Å²) in [5.41, 5.74) is 0.705. The Morgan fingerprint density at radius 1 is 1.21 bits per heavy atom. The topological polar surface area (TPSA) is 78.3 Å². The summed E-state index contributed by atoms with van der Waals surface area (Å²) in [7, 11) is 3.44. The van der Waals surface area contributed by atoms with E-state index < -0.39 is 0 Å². The number of benzene rings is 2. The van der Waals surface area contributed by atoms with Crippen LogP contribution in [0.4, 0.5) is 5.69 Å². The molecule has 1 atom stereocenters. The van der Waals surface area contributed by atoms with E-state index in [4.69, 9.17) is 21.1 Å². The molecule has 0 fully saturated rings. The first-order chi connectivity index (χ1) is 14.0. The molecule has 0 saturated carbocycles. The highest BCUT2D eigenvalue weighted by molar-refractivity contribution is 7.99. The molecule has 0 aliphatic heterocycles. The Morgan fingerprint density at radius 3 is 2.62 bits per heavy atom. The normalized spacial score (nSPS) is 11.7. The van der Waals surface area contributed by atoms with E-state index in [1.54, 1.807) is 43.5 Å². The monoisotopic (exact) mass is 432 g/mol. The van der Waals surface area contributed by atoms with Crippen molar-refractivity contribution in [1.82, 2.24) is 14.8 Å². The SMILES string of the molecule is COc1ccc(NC(=O)CSc2nnc(C(C)Oc3ccccc3Cl)n2C)cc1. The number of methoxy groups -OCH3 is 1. The van der Waals surface area contributed by atoms with Gasteiger partial charge in [-0.05, 0) is 43.3 Å². The van der Waals surface area contributed by atoms with Gasteiger partial charge in [0.2, 0.25) is 5.91 Å². The summed E-state index contributed by atoms with van der Waals surface area (Å²) in [6.07, 6.45) is -0.352. The Balaban J connectivity index is 1.57. The second-order valence-electron chi connectivity index (χ2n) is 6.16. The summed E-state index contributed by atoms with van der Waals surface area (Å²) in [6.45, 7) is 1.87. The van der Waals surface area contributed by atoms with Crippen molar-refractivity contribution in [2.75, 3.05) is 18.2 Å². The molecule has 1 N–H and O–H groups in total. The zero-order valence-electron chi connectivity index (χ0n) is 16.3. The van der Waals surface area contributed by atoms with Crippen LogP contribution in [-0.2, 0) is 11.8 Å². The molecule has 0 saturated heterocycles. The number of rotatable bonds is 8. The second-order valence-corrected chi connectivity index (χ2v) is 7.51. The molecule has 3 rings (SSSR count). The average molecular weight is 433 g/mol. The van der Waals surface area contributed by atoms with Crippen molar-refractivity contribution in [2.24, 2.45) is 7.05 Å². The van der Waals surface area contributed by atoms with E-state index in [2.05, 4.69) is 15.5 Å². The van der Waals surface area contributed by atoms with Crippen molar-refractivity contribution in [3.63, 3.8) is 0 Å². The average Bonchev–Trinajstić information content (AvgIpc) is 3.09. The number of ether oxygens (including phenoxy) is 2. The van der Waals surface area contributed by atoms with Gasteiger partial charge >= 0.3 is 0 Å². The quantitative estimate of drug-likeness (QED) is 0.533. The molecular formula is C20H21ClN4O3S. The van der Waals surface area contributed by atoms with Crippen LogP contribution in [-0.4, -0.2) is 33.5 Å². The zero-order chi connectivity index (χ0) is 20.8. The number of anilines is 1. The molecule has 0 bridgehead atoms. The fourth-order valence-corrected chi connectivity index (χ4v) is 3.49. The predicted molar refractivity (Wildman–Crippen MR) is 114 cm³/mol. The van der Waals surface area contributed by atoms with Gasteiger partial charge in [0.1, 0.15) is 11.5 Å². The van der Waals surface area contributed by atoms with Crippen LogP contribution in [0.25, 0.3) is 0 Å². The van der Waals surface area contributed by atoms with Gasteiger partial charge in [0.15, 0.2) is 17.1 Å². The highest BCUT2D eigenvalue weighted by Crippen LogP contribution is 2.29.